The number of hydrogen-bond donors (Lipinski definition) is 1. The Morgan fingerprint density at radius 3 is 2.47 bits per heavy atom. The van der Waals surface area contributed by atoms with Gasteiger partial charge >= 0.3 is 0 Å². The number of carbonyl (C=O) groups excluding carboxylic acids is 2. The van der Waals surface area contributed by atoms with Crippen molar-refractivity contribution in [2.75, 3.05) is 47.3 Å². The molecule has 1 saturated heterocycles. The summed E-state index contributed by atoms with van der Waals surface area (Å²) in [5.41, 5.74) is 3.26. The molecule has 1 fully saturated rings. The van der Waals surface area contributed by atoms with Crippen molar-refractivity contribution in [2.24, 2.45) is 5.92 Å². The second-order valence-corrected chi connectivity index (χ2v) is 10.3. The van der Waals surface area contributed by atoms with Crippen LogP contribution in [0.2, 0.25) is 0 Å². The SMILES string of the molecule is CN(C)CCN(C)C(=O)C1CCN(C(=O)c2cc(Cc3n[nH]c(=O)c4c3CCCC4)ccc2F)CC1. The van der Waals surface area contributed by atoms with Crippen LogP contribution in [-0.4, -0.2) is 84.0 Å². The molecule has 2 heterocycles. The van der Waals surface area contributed by atoms with E-state index in [2.05, 4.69) is 10.2 Å². The van der Waals surface area contributed by atoms with Crippen LogP contribution in [0.1, 0.15) is 58.4 Å². The molecule has 1 aromatic carbocycles. The number of benzene rings is 1. The van der Waals surface area contributed by atoms with Crippen LogP contribution in [0, 0.1) is 11.7 Å². The Balaban J connectivity index is 1.42. The number of H-pyrrole nitrogens is 1. The summed E-state index contributed by atoms with van der Waals surface area (Å²) >= 11 is 0. The van der Waals surface area contributed by atoms with Crippen molar-refractivity contribution in [1.82, 2.24) is 24.9 Å². The molecule has 0 spiro atoms. The highest BCUT2D eigenvalue weighted by Crippen LogP contribution is 2.25. The van der Waals surface area contributed by atoms with Gasteiger partial charge in [-0.2, -0.15) is 5.10 Å². The van der Waals surface area contributed by atoms with Crippen molar-refractivity contribution < 1.29 is 14.0 Å². The average Bonchev–Trinajstić information content (AvgIpc) is 2.89. The first-order chi connectivity index (χ1) is 17.2. The van der Waals surface area contributed by atoms with Gasteiger partial charge in [0.2, 0.25) is 5.91 Å². The fourth-order valence-electron chi connectivity index (χ4n) is 5.19. The van der Waals surface area contributed by atoms with E-state index in [4.69, 9.17) is 0 Å². The summed E-state index contributed by atoms with van der Waals surface area (Å²) in [4.78, 5) is 43.6. The molecule has 2 amide bonds. The molecule has 1 aromatic heterocycles. The minimum absolute atomic E-state index is 0.0404. The van der Waals surface area contributed by atoms with E-state index in [-0.39, 0.29) is 28.9 Å². The third kappa shape index (κ3) is 5.83. The molecule has 2 aromatic rings. The zero-order valence-electron chi connectivity index (χ0n) is 21.5. The van der Waals surface area contributed by atoms with Crippen LogP contribution < -0.4 is 5.56 Å². The van der Waals surface area contributed by atoms with Gasteiger partial charge in [-0.1, -0.05) is 6.07 Å². The standard InChI is InChI=1S/C27H36FN5O3/c1-31(2)14-15-32(3)26(35)19-10-12-33(13-11-19)27(36)22-16-18(8-9-23(22)28)17-24-20-6-4-5-7-21(20)25(34)30-29-24/h8-9,16,19H,4-7,10-15,17H2,1-3H3,(H,30,34). The number of likely N-dealkylation sites (tertiary alicyclic amines) is 1. The van der Waals surface area contributed by atoms with E-state index in [0.717, 1.165) is 54.6 Å². The van der Waals surface area contributed by atoms with Gasteiger partial charge in [-0.15, -0.1) is 0 Å². The summed E-state index contributed by atoms with van der Waals surface area (Å²) < 4.78 is 14.7. The summed E-state index contributed by atoms with van der Waals surface area (Å²) in [6.45, 7) is 2.31. The molecular weight excluding hydrogens is 461 g/mol. The van der Waals surface area contributed by atoms with E-state index in [9.17, 15) is 18.8 Å². The first-order valence-electron chi connectivity index (χ1n) is 12.8. The Labute approximate surface area is 211 Å². The molecule has 8 nitrogen and oxygen atoms in total. The van der Waals surface area contributed by atoms with Crippen LogP contribution in [-0.2, 0) is 24.1 Å². The smallest absolute Gasteiger partial charge is 0.267 e. The van der Waals surface area contributed by atoms with Gasteiger partial charge in [0.25, 0.3) is 11.5 Å². The van der Waals surface area contributed by atoms with Crippen molar-refractivity contribution in [3.05, 3.63) is 62.3 Å². The third-order valence-electron chi connectivity index (χ3n) is 7.41. The Morgan fingerprint density at radius 2 is 1.78 bits per heavy atom. The zero-order chi connectivity index (χ0) is 25.8. The molecule has 0 atom stereocenters. The highest BCUT2D eigenvalue weighted by molar-refractivity contribution is 5.95. The maximum atomic E-state index is 14.7. The lowest BCUT2D eigenvalue weighted by Gasteiger charge is -2.33. The summed E-state index contributed by atoms with van der Waals surface area (Å²) in [5, 5.41) is 6.87. The summed E-state index contributed by atoms with van der Waals surface area (Å²) in [7, 11) is 5.77. The lowest BCUT2D eigenvalue weighted by atomic mass is 9.90. The molecule has 1 aliphatic heterocycles. The second kappa shape index (κ2) is 11.3. The highest BCUT2D eigenvalue weighted by atomic mass is 19.1. The second-order valence-electron chi connectivity index (χ2n) is 10.3. The first-order valence-corrected chi connectivity index (χ1v) is 12.8. The molecule has 9 heteroatoms. The highest BCUT2D eigenvalue weighted by Gasteiger charge is 2.30. The average molecular weight is 498 g/mol. The van der Waals surface area contributed by atoms with Gasteiger partial charge in [-0.3, -0.25) is 14.4 Å². The molecular formula is C27H36FN5O3. The molecule has 0 saturated carbocycles. The van der Waals surface area contributed by atoms with E-state index in [1.165, 1.54) is 6.07 Å². The first kappa shape index (κ1) is 26.0. The summed E-state index contributed by atoms with van der Waals surface area (Å²) in [5.74, 6) is -0.914. The van der Waals surface area contributed by atoms with Crippen molar-refractivity contribution in [1.29, 1.82) is 0 Å². The number of likely N-dealkylation sites (N-methyl/N-ethyl adjacent to an activating group) is 2. The van der Waals surface area contributed by atoms with Crippen LogP contribution in [0.25, 0.3) is 0 Å². The fraction of sp³-hybridized carbons (Fsp3) is 0.556. The quantitative estimate of drug-likeness (QED) is 0.634. The van der Waals surface area contributed by atoms with Crippen LogP contribution in [0.4, 0.5) is 4.39 Å². The topological polar surface area (TPSA) is 89.6 Å². The molecule has 4 rings (SSSR count). The number of rotatable bonds is 7. The Morgan fingerprint density at radius 1 is 1.08 bits per heavy atom. The van der Waals surface area contributed by atoms with Gasteiger partial charge in [0.15, 0.2) is 0 Å². The van der Waals surface area contributed by atoms with Crippen molar-refractivity contribution in [2.45, 2.75) is 44.9 Å². The number of fused-ring (bicyclic) bond motifs is 1. The van der Waals surface area contributed by atoms with E-state index in [0.29, 0.717) is 38.9 Å². The molecule has 1 aliphatic carbocycles. The van der Waals surface area contributed by atoms with Crippen LogP contribution in [0.15, 0.2) is 23.0 Å². The van der Waals surface area contributed by atoms with Crippen LogP contribution >= 0.6 is 0 Å². The maximum Gasteiger partial charge on any atom is 0.267 e. The van der Waals surface area contributed by atoms with E-state index in [1.54, 1.807) is 21.9 Å². The number of carbonyl (C=O) groups is 2. The number of nitrogens with zero attached hydrogens (tertiary/aromatic N) is 4. The van der Waals surface area contributed by atoms with Gasteiger partial charge < -0.3 is 14.7 Å². The number of halogens is 1. The number of piperidine rings is 1. The minimum atomic E-state index is -0.554. The predicted octanol–water partition coefficient (Wildman–Crippen LogP) is 2.25. The van der Waals surface area contributed by atoms with Crippen molar-refractivity contribution in [3.8, 4) is 0 Å². The third-order valence-corrected chi connectivity index (χ3v) is 7.41. The number of nitrogens with one attached hydrogen (secondary N) is 1. The number of aromatic amines is 1. The van der Waals surface area contributed by atoms with E-state index in [1.807, 2.05) is 26.0 Å². The summed E-state index contributed by atoms with van der Waals surface area (Å²) in [6.07, 6.45) is 5.14. The number of hydrogen-bond acceptors (Lipinski definition) is 5. The van der Waals surface area contributed by atoms with Crippen LogP contribution in [0.5, 0.6) is 0 Å². The fourth-order valence-corrected chi connectivity index (χ4v) is 5.19. The Bertz CT molecular complexity index is 1170. The lowest BCUT2D eigenvalue weighted by Crippen LogP contribution is -2.44. The van der Waals surface area contributed by atoms with Crippen molar-refractivity contribution in [3.63, 3.8) is 0 Å². The van der Waals surface area contributed by atoms with Gasteiger partial charge in [-0.05, 0) is 75.9 Å². The molecule has 2 aliphatic rings. The van der Waals surface area contributed by atoms with Crippen LogP contribution in [0.3, 0.4) is 0 Å². The zero-order valence-corrected chi connectivity index (χ0v) is 21.5. The molecule has 0 unspecified atom stereocenters. The Kier molecular flexibility index (Phi) is 8.18. The van der Waals surface area contributed by atoms with Gasteiger partial charge in [0, 0.05) is 51.1 Å². The number of amides is 2. The molecule has 0 bridgehead atoms. The van der Waals surface area contributed by atoms with Gasteiger partial charge in [0.05, 0.1) is 11.3 Å². The minimum Gasteiger partial charge on any atom is -0.344 e. The van der Waals surface area contributed by atoms with E-state index < -0.39 is 5.82 Å². The normalized spacial score (nSPS) is 16.2. The Hall–Kier alpha value is -3.07. The maximum absolute atomic E-state index is 14.7. The summed E-state index contributed by atoms with van der Waals surface area (Å²) in [6, 6.07) is 4.60. The monoisotopic (exact) mass is 497 g/mol. The molecule has 0 radical (unpaired) electrons. The van der Waals surface area contributed by atoms with Crippen molar-refractivity contribution >= 4 is 11.8 Å². The molecule has 194 valence electrons. The molecule has 36 heavy (non-hydrogen) atoms. The van der Waals surface area contributed by atoms with Gasteiger partial charge in [0.1, 0.15) is 5.82 Å². The number of aromatic nitrogens is 2. The predicted molar refractivity (Wildman–Crippen MR) is 136 cm³/mol. The molecule has 1 N–H and O–H groups in total. The van der Waals surface area contributed by atoms with E-state index >= 15 is 0 Å². The largest absolute Gasteiger partial charge is 0.344 e. The van der Waals surface area contributed by atoms with Gasteiger partial charge in [-0.25, -0.2) is 9.49 Å². The lowest BCUT2D eigenvalue weighted by molar-refractivity contribution is -0.135.